The van der Waals surface area contributed by atoms with Gasteiger partial charge in [0.15, 0.2) is 0 Å². The van der Waals surface area contributed by atoms with Crippen LogP contribution in [-0.2, 0) is 10.0 Å². The summed E-state index contributed by atoms with van der Waals surface area (Å²) in [5.41, 5.74) is 0.675. The Kier molecular flexibility index (Phi) is 6.24. The van der Waals surface area contributed by atoms with Crippen molar-refractivity contribution >= 4 is 15.7 Å². The van der Waals surface area contributed by atoms with Gasteiger partial charge >= 0.3 is 0 Å². The van der Waals surface area contributed by atoms with E-state index in [1.165, 1.54) is 4.31 Å². The molecular weight excluding hydrogens is 262 g/mol. The molecule has 0 amide bonds. The van der Waals surface area contributed by atoms with Crippen molar-refractivity contribution in [3.8, 4) is 0 Å². The van der Waals surface area contributed by atoms with Crippen LogP contribution in [0, 0.1) is 0 Å². The summed E-state index contributed by atoms with van der Waals surface area (Å²) in [6, 6.07) is 3.81. The van der Waals surface area contributed by atoms with Gasteiger partial charge in [-0.2, -0.15) is 0 Å². The van der Waals surface area contributed by atoms with Crippen LogP contribution >= 0.6 is 0 Å². The first kappa shape index (κ1) is 15.9. The molecule has 0 bridgehead atoms. The van der Waals surface area contributed by atoms with Crippen LogP contribution in [0.1, 0.15) is 27.2 Å². The Hall–Kier alpha value is -1.14. The van der Waals surface area contributed by atoms with Gasteiger partial charge in [0.1, 0.15) is 0 Å². The summed E-state index contributed by atoms with van der Waals surface area (Å²) in [4.78, 5) is 3.91. The van der Waals surface area contributed by atoms with Crippen LogP contribution in [0.2, 0.25) is 0 Å². The second-order valence-corrected chi connectivity index (χ2v) is 6.66. The molecule has 1 N–H and O–H groups in total. The molecule has 108 valence electrons. The number of aromatic nitrogens is 1. The van der Waals surface area contributed by atoms with Crippen molar-refractivity contribution in [1.82, 2.24) is 10.3 Å². The number of sulfonamides is 1. The van der Waals surface area contributed by atoms with Crippen molar-refractivity contribution in [1.29, 1.82) is 0 Å². The highest BCUT2D eigenvalue weighted by Crippen LogP contribution is 2.16. The van der Waals surface area contributed by atoms with E-state index in [4.69, 9.17) is 0 Å². The molecule has 1 rings (SSSR count). The lowest BCUT2D eigenvalue weighted by atomic mass is 10.4. The van der Waals surface area contributed by atoms with E-state index in [9.17, 15) is 8.42 Å². The zero-order chi connectivity index (χ0) is 14.3. The maximum Gasteiger partial charge on any atom is 0.235 e. The fraction of sp³-hybridized carbons (Fsp3) is 0.615. The zero-order valence-electron chi connectivity index (χ0n) is 11.8. The molecule has 0 aliphatic carbocycles. The molecule has 0 fully saturated rings. The van der Waals surface area contributed by atoms with E-state index in [-0.39, 0.29) is 5.75 Å². The number of pyridine rings is 1. The maximum absolute atomic E-state index is 12.3. The average molecular weight is 285 g/mol. The summed E-state index contributed by atoms with van der Waals surface area (Å²) < 4.78 is 26.0. The summed E-state index contributed by atoms with van der Waals surface area (Å²) in [5, 5.41) is 3.22. The minimum Gasteiger partial charge on any atom is -0.314 e. The van der Waals surface area contributed by atoms with Crippen molar-refractivity contribution in [2.75, 3.05) is 23.1 Å². The predicted molar refractivity (Wildman–Crippen MR) is 78.8 cm³/mol. The number of rotatable bonds is 8. The smallest absolute Gasteiger partial charge is 0.235 e. The molecule has 5 nitrogen and oxygen atoms in total. The van der Waals surface area contributed by atoms with Gasteiger partial charge in [-0.1, -0.05) is 13.8 Å². The maximum atomic E-state index is 12.3. The van der Waals surface area contributed by atoms with Gasteiger partial charge in [-0.25, -0.2) is 8.42 Å². The van der Waals surface area contributed by atoms with E-state index in [1.54, 1.807) is 24.5 Å². The van der Waals surface area contributed by atoms with Crippen molar-refractivity contribution < 1.29 is 8.42 Å². The van der Waals surface area contributed by atoms with Gasteiger partial charge < -0.3 is 5.32 Å². The van der Waals surface area contributed by atoms with Gasteiger partial charge in [0.05, 0.1) is 11.4 Å². The molecular formula is C13H23N3O2S. The predicted octanol–water partition coefficient (Wildman–Crippen LogP) is 1.63. The third kappa shape index (κ3) is 5.16. The Labute approximate surface area is 116 Å². The third-order valence-corrected chi connectivity index (χ3v) is 4.65. The largest absolute Gasteiger partial charge is 0.314 e. The first-order valence-corrected chi connectivity index (χ1v) is 8.22. The van der Waals surface area contributed by atoms with Gasteiger partial charge in [0.2, 0.25) is 10.0 Å². The van der Waals surface area contributed by atoms with Crippen LogP contribution in [0.3, 0.4) is 0 Å². The lowest BCUT2D eigenvalue weighted by molar-refractivity contribution is 0.566. The fourth-order valence-corrected chi connectivity index (χ4v) is 3.37. The molecule has 0 atom stereocenters. The first-order chi connectivity index (χ1) is 8.97. The molecule has 1 aromatic heterocycles. The normalized spacial score (nSPS) is 11.8. The SMILES string of the molecule is CCN(c1ccncc1)S(=O)(=O)CCCNC(C)C. The van der Waals surface area contributed by atoms with E-state index >= 15 is 0 Å². The number of nitrogens with zero attached hydrogens (tertiary/aromatic N) is 2. The average Bonchev–Trinajstić information content (AvgIpc) is 2.36. The van der Waals surface area contributed by atoms with Crippen molar-refractivity contribution in [3.63, 3.8) is 0 Å². The molecule has 0 aliphatic heterocycles. The Morgan fingerprint density at radius 1 is 1.32 bits per heavy atom. The highest BCUT2D eigenvalue weighted by molar-refractivity contribution is 7.92. The van der Waals surface area contributed by atoms with E-state index in [0.29, 0.717) is 31.2 Å². The van der Waals surface area contributed by atoms with Crippen molar-refractivity contribution in [2.24, 2.45) is 0 Å². The molecule has 0 unspecified atom stereocenters. The van der Waals surface area contributed by atoms with Gasteiger partial charge in [0, 0.05) is 25.0 Å². The number of nitrogens with one attached hydrogen (secondary N) is 1. The van der Waals surface area contributed by atoms with Gasteiger partial charge in [-0.3, -0.25) is 9.29 Å². The Morgan fingerprint density at radius 3 is 2.47 bits per heavy atom. The lowest BCUT2D eigenvalue weighted by Gasteiger charge is -2.22. The summed E-state index contributed by atoms with van der Waals surface area (Å²) in [7, 11) is -3.26. The number of anilines is 1. The Balaban J connectivity index is 2.64. The molecule has 0 spiro atoms. The Morgan fingerprint density at radius 2 is 1.95 bits per heavy atom. The van der Waals surface area contributed by atoms with Crippen LogP contribution < -0.4 is 9.62 Å². The summed E-state index contributed by atoms with van der Waals surface area (Å²) in [6.07, 6.45) is 3.82. The summed E-state index contributed by atoms with van der Waals surface area (Å²) in [6.45, 7) is 7.08. The zero-order valence-corrected chi connectivity index (χ0v) is 12.7. The fourth-order valence-electron chi connectivity index (χ4n) is 1.81. The molecule has 0 saturated carbocycles. The summed E-state index contributed by atoms with van der Waals surface area (Å²) >= 11 is 0. The van der Waals surface area contributed by atoms with E-state index in [2.05, 4.69) is 10.3 Å². The monoisotopic (exact) mass is 285 g/mol. The van der Waals surface area contributed by atoms with E-state index in [0.717, 1.165) is 0 Å². The highest BCUT2D eigenvalue weighted by Gasteiger charge is 2.20. The molecule has 0 aromatic carbocycles. The van der Waals surface area contributed by atoms with E-state index in [1.807, 2.05) is 20.8 Å². The van der Waals surface area contributed by atoms with Gasteiger partial charge in [0.25, 0.3) is 0 Å². The van der Waals surface area contributed by atoms with Crippen LogP contribution in [-0.4, -0.2) is 38.3 Å². The number of hydrogen-bond donors (Lipinski definition) is 1. The highest BCUT2D eigenvalue weighted by atomic mass is 32.2. The summed E-state index contributed by atoms with van der Waals surface area (Å²) in [5.74, 6) is 0.156. The molecule has 19 heavy (non-hydrogen) atoms. The molecule has 6 heteroatoms. The lowest BCUT2D eigenvalue weighted by Crippen LogP contribution is -2.34. The minimum absolute atomic E-state index is 0.156. The van der Waals surface area contributed by atoms with E-state index < -0.39 is 10.0 Å². The minimum atomic E-state index is -3.26. The van der Waals surface area contributed by atoms with Crippen LogP contribution in [0.15, 0.2) is 24.5 Å². The quantitative estimate of drug-likeness (QED) is 0.737. The number of hydrogen-bond acceptors (Lipinski definition) is 4. The molecule has 0 radical (unpaired) electrons. The van der Waals surface area contributed by atoms with Gasteiger partial charge in [-0.15, -0.1) is 0 Å². The molecule has 1 aromatic rings. The van der Waals surface area contributed by atoms with Crippen molar-refractivity contribution in [2.45, 2.75) is 33.2 Å². The van der Waals surface area contributed by atoms with Crippen LogP contribution in [0.25, 0.3) is 0 Å². The van der Waals surface area contributed by atoms with Crippen LogP contribution in [0.5, 0.6) is 0 Å². The molecule has 0 saturated heterocycles. The van der Waals surface area contributed by atoms with Crippen molar-refractivity contribution in [3.05, 3.63) is 24.5 Å². The van der Waals surface area contributed by atoms with Crippen LogP contribution in [0.4, 0.5) is 5.69 Å². The molecule has 1 heterocycles. The first-order valence-electron chi connectivity index (χ1n) is 6.61. The second kappa shape index (κ2) is 7.45. The molecule has 0 aliphatic rings. The second-order valence-electron chi connectivity index (χ2n) is 4.65. The van der Waals surface area contributed by atoms with Gasteiger partial charge in [-0.05, 0) is 32.0 Å². The third-order valence-electron chi connectivity index (χ3n) is 2.71. The topological polar surface area (TPSA) is 62.3 Å². The Bertz CT molecular complexity index is 460. The standard InChI is InChI=1S/C13H23N3O2S/c1-4-16(13-6-9-14-10-7-13)19(17,18)11-5-8-15-12(2)3/h6-7,9-10,12,15H,4-5,8,11H2,1-3H3.